The number of nitrogens with zero attached hydrogens (tertiary/aromatic N) is 2. The molecule has 6 nitrogen and oxygen atoms in total. The van der Waals surface area contributed by atoms with Crippen molar-refractivity contribution < 1.29 is 19.4 Å². The number of esters is 1. The molecule has 6 heteroatoms. The van der Waals surface area contributed by atoms with Crippen LogP contribution in [0.25, 0.3) is 0 Å². The molecule has 2 unspecified atom stereocenters. The van der Waals surface area contributed by atoms with Crippen molar-refractivity contribution in [1.29, 1.82) is 0 Å². The molecular weight excluding hydrogens is 248 g/mol. The summed E-state index contributed by atoms with van der Waals surface area (Å²) in [6, 6.07) is -0.122. The molecule has 108 valence electrons. The molecule has 1 N–H and O–H groups in total. The molecule has 1 saturated carbocycles. The van der Waals surface area contributed by atoms with Crippen molar-refractivity contribution in [2.45, 2.75) is 44.4 Å². The molecule has 0 aromatic carbocycles. The highest BCUT2D eigenvalue weighted by Crippen LogP contribution is 2.27. The van der Waals surface area contributed by atoms with Gasteiger partial charge in [0, 0.05) is 25.6 Å². The standard InChI is InChI=1S/C13H22N2O4/c1-3-15(9-4-5-9)12(17)8-14-7-10(16)6-11(14)13(18)19-2/h9-11,16H,3-8H2,1-2H3. The summed E-state index contributed by atoms with van der Waals surface area (Å²) in [5.74, 6) is -0.341. The van der Waals surface area contributed by atoms with Crippen molar-refractivity contribution in [2.24, 2.45) is 0 Å². The number of likely N-dealkylation sites (tertiary alicyclic amines) is 1. The van der Waals surface area contributed by atoms with Gasteiger partial charge in [0.2, 0.25) is 5.91 Å². The van der Waals surface area contributed by atoms with Crippen molar-refractivity contribution in [1.82, 2.24) is 9.80 Å². The molecule has 0 aromatic rings. The maximum atomic E-state index is 12.2. The van der Waals surface area contributed by atoms with Gasteiger partial charge in [-0.2, -0.15) is 0 Å². The number of amides is 1. The Labute approximate surface area is 113 Å². The highest BCUT2D eigenvalue weighted by atomic mass is 16.5. The molecule has 2 rings (SSSR count). The molecule has 1 aliphatic heterocycles. The molecule has 0 bridgehead atoms. The molecule has 2 aliphatic rings. The van der Waals surface area contributed by atoms with Crippen molar-refractivity contribution >= 4 is 11.9 Å². The van der Waals surface area contributed by atoms with Gasteiger partial charge in [0.15, 0.2) is 0 Å². The lowest BCUT2D eigenvalue weighted by Gasteiger charge is -2.26. The zero-order valence-corrected chi connectivity index (χ0v) is 11.5. The molecule has 1 amide bonds. The average molecular weight is 270 g/mol. The Morgan fingerprint density at radius 3 is 2.63 bits per heavy atom. The Balaban J connectivity index is 1.96. The number of carbonyl (C=O) groups excluding carboxylic acids is 2. The topological polar surface area (TPSA) is 70.1 Å². The van der Waals surface area contributed by atoms with Gasteiger partial charge in [0.1, 0.15) is 6.04 Å². The summed E-state index contributed by atoms with van der Waals surface area (Å²) in [6.45, 7) is 3.20. The van der Waals surface area contributed by atoms with E-state index in [2.05, 4.69) is 0 Å². The SMILES string of the molecule is CCN(C(=O)CN1CC(O)CC1C(=O)OC)C1CC1. The number of aliphatic hydroxyl groups excluding tert-OH is 1. The molecule has 1 saturated heterocycles. The van der Waals surface area contributed by atoms with E-state index in [1.54, 1.807) is 4.90 Å². The summed E-state index contributed by atoms with van der Waals surface area (Å²) >= 11 is 0. The Morgan fingerprint density at radius 2 is 2.11 bits per heavy atom. The van der Waals surface area contributed by atoms with E-state index in [0.29, 0.717) is 25.6 Å². The van der Waals surface area contributed by atoms with Crippen LogP contribution < -0.4 is 0 Å². The second kappa shape index (κ2) is 5.88. The first kappa shape index (κ1) is 14.3. The molecular formula is C13H22N2O4. The van der Waals surface area contributed by atoms with E-state index in [4.69, 9.17) is 4.74 Å². The fraction of sp³-hybridized carbons (Fsp3) is 0.846. The van der Waals surface area contributed by atoms with Crippen molar-refractivity contribution in [2.75, 3.05) is 26.7 Å². The van der Waals surface area contributed by atoms with Crippen LogP contribution in [0.4, 0.5) is 0 Å². The fourth-order valence-corrected chi connectivity index (χ4v) is 2.72. The van der Waals surface area contributed by atoms with Gasteiger partial charge in [-0.25, -0.2) is 0 Å². The lowest BCUT2D eigenvalue weighted by Crippen LogP contribution is -2.45. The largest absolute Gasteiger partial charge is 0.468 e. The smallest absolute Gasteiger partial charge is 0.323 e. The third kappa shape index (κ3) is 3.25. The number of carbonyl (C=O) groups is 2. The van der Waals surface area contributed by atoms with E-state index in [-0.39, 0.29) is 18.4 Å². The number of β-amino-alcohol motifs (C(OH)–C–C–N with tert-alkyl or cyclic N) is 1. The summed E-state index contributed by atoms with van der Waals surface area (Å²) in [6.07, 6.45) is 1.92. The molecule has 0 spiro atoms. The van der Waals surface area contributed by atoms with Gasteiger partial charge < -0.3 is 14.7 Å². The zero-order valence-electron chi connectivity index (χ0n) is 11.5. The monoisotopic (exact) mass is 270 g/mol. The Hall–Kier alpha value is -1.14. The summed E-state index contributed by atoms with van der Waals surface area (Å²) in [5, 5.41) is 9.67. The van der Waals surface area contributed by atoms with Crippen LogP contribution in [0.15, 0.2) is 0 Å². The molecule has 19 heavy (non-hydrogen) atoms. The van der Waals surface area contributed by atoms with E-state index in [1.165, 1.54) is 7.11 Å². The summed E-state index contributed by atoms with van der Waals surface area (Å²) < 4.78 is 4.72. The van der Waals surface area contributed by atoms with E-state index in [9.17, 15) is 14.7 Å². The second-order valence-corrected chi connectivity index (χ2v) is 5.27. The number of likely N-dealkylation sites (N-methyl/N-ethyl adjacent to an activating group) is 1. The third-order valence-electron chi connectivity index (χ3n) is 3.84. The van der Waals surface area contributed by atoms with Crippen LogP contribution >= 0.6 is 0 Å². The van der Waals surface area contributed by atoms with Crippen molar-refractivity contribution in [3.8, 4) is 0 Å². The first-order chi connectivity index (χ1) is 9.06. The van der Waals surface area contributed by atoms with Gasteiger partial charge >= 0.3 is 5.97 Å². The fourth-order valence-electron chi connectivity index (χ4n) is 2.72. The van der Waals surface area contributed by atoms with Crippen LogP contribution in [0.5, 0.6) is 0 Å². The van der Waals surface area contributed by atoms with Crippen LogP contribution in [0.1, 0.15) is 26.2 Å². The summed E-state index contributed by atoms with van der Waals surface area (Å²) in [5.41, 5.74) is 0. The maximum absolute atomic E-state index is 12.2. The number of aliphatic hydroxyl groups is 1. The minimum Gasteiger partial charge on any atom is -0.468 e. The van der Waals surface area contributed by atoms with Gasteiger partial charge in [-0.1, -0.05) is 0 Å². The molecule has 2 fully saturated rings. The Kier molecular flexibility index (Phi) is 4.42. The molecule has 0 radical (unpaired) electrons. The van der Waals surface area contributed by atoms with E-state index >= 15 is 0 Å². The van der Waals surface area contributed by atoms with E-state index < -0.39 is 12.1 Å². The molecule has 2 atom stereocenters. The normalized spacial score (nSPS) is 27.3. The number of hydrogen-bond donors (Lipinski definition) is 1. The van der Waals surface area contributed by atoms with Gasteiger partial charge in [0.25, 0.3) is 0 Å². The van der Waals surface area contributed by atoms with Crippen LogP contribution in [0.3, 0.4) is 0 Å². The zero-order chi connectivity index (χ0) is 14.0. The quantitative estimate of drug-likeness (QED) is 0.689. The third-order valence-corrected chi connectivity index (χ3v) is 3.84. The van der Waals surface area contributed by atoms with Crippen LogP contribution in [0.2, 0.25) is 0 Å². The average Bonchev–Trinajstić information content (AvgIpc) is 3.13. The summed E-state index contributed by atoms with van der Waals surface area (Å²) in [4.78, 5) is 27.4. The predicted molar refractivity (Wildman–Crippen MR) is 68.4 cm³/mol. The first-order valence-electron chi connectivity index (χ1n) is 6.86. The molecule has 1 heterocycles. The van der Waals surface area contributed by atoms with Crippen LogP contribution in [0, 0.1) is 0 Å². The minimum atomic E-state index is -0.562. The number of hydrogen-bond acceptors (Lipinski definition) is 5. The molecule has 1 aliphatic carbocycles. The van der Waals surface area contributed by atoms with Crippen molar-refractivity contribution in [3.05, 3.63) is 0 Å². The van der Waals surface area contributed by atoms with E-state index in [1.807, 2.05) is 11.8 Å². The van der Waals surface area contributed by atoms with Crippen LogP contribution in [-0.2, 0) is 14.3 Å². The lowest BCUT2D eigenvalue weighted by atomic mass is 10.2. The molecule has 0 aromatic heterocycles. The van der Waals surface area contributed by atoms with Gasteiger partial charge in [-0.3, -0.25) is 14.5 Å². The number of rotatable bonds is 5. The number of methoxy groups -OCH3 is 1. The highest BCUT2D eigenvalue weighted by Gasteiger charge is 2.39. The first-order valence-corrected chi connectivity index (χ1v) is 6.86. The Bertz CT molecular complexity index is 357. The van der Waals surface area contributed by atoms with Crippen molar-refractivity contribution in [3.63, 3.8) is 0 Å². The maximum Gasteiger partial charge on any atom is 0.323 e. The number of ether oxygens (including phenoxy) is 1. The predicted octanol–water partition coefficient (Wildman–Crippen LogP) is -0.394. The van der Waals surface area contributed by atoms with E-state index in [0.717, 1.165) is 12.8 Å². The summed E-state index contributed by atoms with van der Waals surface area (Å²) in [7, 11) is 1.33. The van der Waals surface area contributed by atoms with Crippen LogP contribution in [-0.4, -0.2) is 71.7 Å². The van der Waals surface area contributed by atoms with Gasteiger partial charge in [0.05, 0.1) is 19.8 Å². The Morgan fingerprint density at radius 1 is 1.42 bits per heavy atom. The second-order valence-electron chi connectivity index (χ2n) is 5.27. The highest BCUT2D eigenvalue weighted by molar-refractivity contribution is 5.81. The lowest BCUT2D eigenvalue weighted by molar-refractivity contribution is -0.146. The van der Waals surface area contributed by atoms with Gasteiger partial charge in [-0.15, -0.1) is 0 Å². The van der Waals surface area contributed by atoms with Gasteiger partial charge in [-0.05, 0) is 19.8 Å². The minimum absolute atomic E-state index is 0.0352.